The van der Waals surface area contributed by atoms with Crippen LogP contribution in [0.1, 0.15) is 55.0 Å². The first-order valence-electron chi connectivity index (χ1n) is 12.8. The van der Waals surface area contributed by atoms with Gasteiger partial charge in [0.2, 0.25) is 0 Å². The first-order chi connectivity index (χ1) is 17.4. The fourth-order valence-corrected chi connectivity index (χ4v) is 4.88. The molecule has 1 aliphatic heterocycles. The molecule has 0 bridgehead atoms. The summed E-state index contributed by atoms with van der Waals surface area (Å²) >= 11 is 0. The molecule has 1 fully saturated rings. The van der Waals surface area contributed by atoms with E-state index in [9.17, 15) is 4.39 Å². The predicted octanol–water partition coefficient (Wildman–Crippen LogP) is 4.49. The van der Waals surface area contributed by atoms with Crippen LogP contribution in [0.25, 0.3) is 16.8 Å². The molecule has 1 aliphatic rings. The summed E-state index contributed by atoms with van der Waals surface area (Å²) in [5.41, 5.74) is 6.16. The second-order valence-corrected chi connectivity index (χ2v) is 9.96. The van der Waals surface area contributed by atoms with Crippen LogP contribution in [-0.4, -0.2) is 67.1 Å². The maximum Gasteiger partial charge on any atom is 0.167 e. The van der Waals surface area contributed by atoms with Gasteiger partial charge in [-0.1, -0.05) is 26.8 Å². The second kappa shape index (κ2) is 10.4. The van der Waals surface area contributed by atoms with Crippen molar-refractivity contribution in [3.8, 4) is 11.3 Å². The van der Waals surface area contributed by atoms with Crippen LogP contribution >= 0.6 is 0 Å². The molecule has 5 rings (SSSR count). The van der Waals surface area contributed by atoms with Crippen molar-refractivity contribution in [3.05, 3.63) is 77.0 Å². The lowest BCUT2D eigenvalue weighted by Crippen LogP contribution is -2.45. The summed E-state index contributed by atoms with van der Waals surface area (Å²) in [6.45, 7) is 14.9. The van der Waals surface area contributed by atoms with Crippen LogP contribution in [0, 0.1) is 12.7 Å². The van der Waals surface area contributed by atoms with Crippen LogP contribution in [0.3, 0.4) is 0 Å². The summed E-state index contributed by atoms with van der Waals surface area (Å²) in [6, 6.07) is 8.05. The standard InChI is InChI=1S/C28H34FN7/c1-5-34-8-10-35(11-9-34)18-21-6-7-23(30-15-21)14-27-31-17-25(29)28(33-27)22-12-20(4)36-26(13-22)24(16-32-36)19(2)3/h6-7,12-13,15-17,19H,5,8-11,14,18H2,1-4H3. The Morgan fingerprint density at radius 2 is 1.75 bits per heavy atom. The number of rotatable bonds is 7. The highest BCUT2D eigenvalue weighted by molar-refractivity contribution is 5.69. The van der Waals surface area contributed by atoms with Crippen molar-refractivity contribution < 1.29 is 4.39 Å². The topological polar surface area (TPSA) is 62.5 Å². The van der Waals surface area contributed by atoms with Gasteiger partial charge in [0.1, 0.15) is 11.5 Å². The third kappa shape index (κ3) is 5.15. The van der Waals surface area contributed by atoms with Crippen LogP contribution in [-0.2, 0) is 13.0 Å². The van der Waals surface area contributed by atoms with Gasteiger partial charge in [0.25, 0.3) is 0 Å². The molecule has 0 atom stereocenters. The molecule has 36 heavy (non-hydrogen) atoms. The van der Waals surface area contributed by atoms with Crippen molar-refractivity contribution >= 4 is 5.52 Å². The zero-order valence-electron chi connectivity index (χ0n) is 21.6. The lowest BCUT2D eigenvalue weighted by molar-refractivity contribution is 0.132. The number of likely N-dealkylation sites (N-methyl/N-ethyl adjacent to an activating group) is 1. The Kier molecular flexibility index (Phi) is 7.07. The van der Waals surface area contributed by atoms with Crippen molar-refractivity contribution in [2.45, 2.75) is 46.6 Å². The lowest BCUT2D eigenvalue weighted by Gasteiger charge is -2.33. The molecule has 0 spiro atoms. The van der Waals surface area contributed by atoms with Crippen LogP contribution in [0.4, 0.5) is 4.39 Å². The summed E-state index contributed by atoms with van der Waals surface area (Å²) in [6.07, 6.45) is 5.55. The van der Waals surface area contributed by atoms with Crippen LogP contribution in [0.2, 0.25) is 0 Å². The Hall–Kier alpha value is -3.23. The van der Waals surface area contributed by atoms with Crippen LogP contribution in [0.15, 0.2) is 42.9 Å². The molecule has 0 saturated carbocycles. The minimum Gasteiger partial charge on any atom is -0.301 e. The Bertz CT molecular complexity index is 1340. The summed E-state index contributed by atoms with van der Waals surface area (Å²) < 4.78 is 16.8. The molecule has 0 aromatic carbocycles. The molecule has 0 unspecified atom stereocenters. The van der Waals surface area contributed by atoms with Gasteiger partial charge in [-0.3, -0.25) is 9.88 Å². The van der Waals surface area contributed by atoms with Gasteiger partial charge < -0.3 is 4.90 Å². The van der Waals surface area contributed by atoms with Crippen molar-refractivity contribution in [2.24, 2.45) is 0 Å². The fraction of sp³-hybridized carbons (Fsp3) is 0.429. The first kappa shape index (κ1) is 24.5. The van der Waals surface area contributed by atoms with E-state index in [1.165, 1.54) is 11.8 Å². The zero-order valence-corrected chi connectivity index (χ0v) is 21.6. The number of hydrogen-bond acceptors (Lipinski definition) is 6. The number of piperazine rings is 1. The molecule has 0 amide bonds. The van der Waals surface area contributed by atoms with Gasteiger partial charge in [0.05, 0.1) is 24.3 Å². The number of nitrogens with zero attached hydrogens (tertiary/aromatic N) is 7. The fourth-order valence-electron chi connectivity index (χ4n) is 4.88. The van der Waals surface area contributed by atoms with Gasteiger partial charge in [-0.15, -0.1) is 0 Å². The zero-order chi connectivity index (χ0) is 25.2. The average molecular weight is 488 g/mol. The second-order valence-electron chi connectivity index (χ2n) is 9.96. The van der Waals surface area contributed by atoms with E-state index in [0.29, 0.717) is 23.9 Å². The first-order valence-corrected chi connectivity index (χ1v) is 12.8. The van der Waals surface area contributed by atoms with Gasteiger partial charge in [0, 0.05) is 61.4 Å². The lowest BCUT2D eigenvalue weighted by atomic mass is 10.0. The number of aromatic nitrogens is 5. The minimum absolute atomic E-state index is 0.310. The molecule has 0 N–H and O–H groups in total. The number of hydrogen-bond donors (Lipinski definition) is 0. The van der Waals surface area contributed by atoms with E-state index in [1.807, 2.05) is 42.0 Å². The Morgan fingerprint density at radius 1 is 0.972 bits per heavy atom. The monoisotopic (exact) mass is 487 g/mol. The van der Waals surface area contributed by atoms with Crippen LogP contribution < -0.4 is 0 Å². The summed E-state index contributed by atoms with van der Waals surface area (Å²) in [7, 11) is 0. The number of halogens is 1. The van der Waals surface area contributed by atoms with Crippen molar-refractivity contribution in [2.75, 3.05) is 32.7 Å². The van der Waals surface area contributed by atoms with Gasteiger partial charge in [0.15, 0.2) is 5.82 Å². The highest BCUT2D eigenvalue weighted by Crippen LogP contribution is 2.28. The number of pyridine rings is 2. The van der Waals surface area contributed by atoms with E-state index in [4.69, 9.17) is 0 Å². The van der Waals surface area contributed by atoms with Gasteiger partial charge in [-0.25, -0.2) is 18.9 Å². The third-order valence-electron chi connectivity index (χ3n) is 7.06. The van der Waals surface area contributed by atoms with Gasteiger partial charge in [-0.2, -0.15) is 5.10 Å². The smallest absolute Gasteiger partial charge is 0.167 e. The summed E-state index contributed by atoms with van der Waals surface area (Å²) in [4.78, 5) is 18.5. The molecule has 1 saturated heterocycles. The molecule has 8 heteroatoms. The SMILES string of the molecule is CCN1CCN(Cc2ccc(Cc3ncc(F)c(-c4cc(C)n5ncc(C(C)C)c5c4)n3)nc2)CC1. The minimum atomic E-state index is -0.431. The van der Waals surface area contributed by atoms with Crippen molar-refractivity contribution in [1.82, 2.24) is 34.4 Å². The van der Waals surface area contributed by atoms with Gasteiger partial charge in [-0.05, 0) is 43.1 Å². The molecule has 7 nitrogen and oxygen atoms in total. The molecule has 0 aliphatic carbocycles. The summed E-state index contributed by atoms with van der Waals surface area (Å²) in [5, 5.41) is 4.50. The molecule has 4 aromatic rings. The molecule has 0 radical (unpaired) electrons. The third-order valence-corrected chi connectivity index (χ3v) is 7.06. The van der Waals surface area contributed by atoms with E-state index >= 15 is 0 Å². The number of aryl methyl sites for hydroxylation is 1. The maximum atomic E-state index is 14.9. The van der Waals surface area contributed by atoms with E-state index in [1.54, 1.807) is 0 Å². The van der Waals surface area contributed by atoms with E-state index in [0.717, 1.165) is 67.3 Å². The van der Waals surface area contributed by atoms with Crippen molar-refractivity contribution in [3.63, 3.8) is 0 Å². The normalized spacial score (nSPS) is 15.3. The molecule has 188 valence electrons. The average Bonchev–Trinajstić information content (AvgIpc) is 3.32. The quantitative estimate of drug-likeness (QED) is 0.383. The Labute approximate surface area is 212 Å². The van der Waals surface area contributed by atoms with E-state index < -0.39 is 5.82 Å². The molecule has 5 heterocycles. The van der Waals surface area contributed by atoms with Gasteiger partial charge >= 0.3 is 0 Å². The summed E-state index contributed by atoms with van der Waals surface area (Å²) in [5.74, 6) is 0.440. The largest absolute Gasteiger partial charge is 0.301 e. The molecular formula is C28H34FN7. The van der Waals surface area contributed by atoms with Crippen molar-refractivity contribution in [1.29, 1.82) is 0 Å². The van der Waals surface area contributed by atoms with Crippen LogP contribution in [0.5, 0.6) is 0 Å². The van der Waals surface area contributed by atoms with E-state index in [2.05, 4.69) is 56.7 Å². The Balaban J connectivity index is 1.33. The maximum absolute atomic E-state index is 14.9. The Morgan fingerprint density at radius 3 is 2.44 bits per heavy atom. The predicted molar refractivity (Wildman–Crippen MR) is 139 cm³/mol. The number of fused-ring (bicyclic) bond motifs is 1. The molecular weight excluding hydrogens is 453 g/mol. The van der Waals surface area contributed by atoms with E-state index in [-0.39, 0.29) is 0 Å². The highest BCUT2D eigenvalue weighted by Gasteiger charge is 2.17. The highest BCUT2D eigenvalue weighted by atomic mass is 19.1. The molecule has 4 aromatic heterocycles.